The van der Waals surface area contributed by atoms with Crippen LogP contribution in [0.2, 0.25) is 0 Å². The first kappa shape index (κ1) is 23.2. The summed E-state index contributed by atoms with van der Waals surface area (Å²) in [6.45, 7) is 4.17. The van der Waals surface area contributed by atoms with Gasteiger partial charge in [0.15, 0.2) is 11.5 Å². The number of nitrogens with one attached hydrogen (secondary N) is 1. The van der Waals surface area contributed by atoms with Crippen LogP contribution >= 0.6 is 0 Å². The lowest BCUT2D eigenvalue weighted by atomic mass is 9.95. The standard InChI is InChI=1S/C28H25N3O5/c1-4-36-22-15-18(13-14-21(22)35-3)24-23(25(32)17-11-9-16(2)10-12-17)26(33)27(34)31(24)28-29-19-7-5-6-8-20(19)30-28/h5-15,24,32H,4H2,1-3H3,(H,29,30)/b25-23+. The highest BCUT2D eigenvalue weighted by atomic mass is 16.5. The Morgan fingerprint density at radius 2 is 1.81 bits per heavy atom. The number of nitrogens with zero attached hydrogens (tertiary/aromatic N) is 2. The predicted octanol–water partition coefficient (Wildman–Crippen LogP) is 4.90. The van der Waals surface area contributed by atoms with Gasteiger partial charge in [-0.15, -0.1) is 0 Å². The van der Waals surface area contributed by atoms with E-state index in [1.54, 1.807) is 30.3 Å². The molecule has 36 heavy (non-hydrogen) atoms. The SMILES string of the molecule is CCOc1cc(C2/C(=C(\O)c3ccc(C)cc3)C(=O)C(=O)N2c2nc3ccccc3[nH]2)ccc1OC. The van der Waals surface area contributed by atoms with Crippen molar-refractivity contribution in [2.45, 2.75) is 19.9 Å². The van der Waals surface area contributed by atoms with E-state index in [9.17, 15) is 14.7 Å². The first-order chi connectivity index (χ1) is 17.4. The summed E-state index contributed by atoms with van der Waals surface area (Å²) < 4.78 is 11.2. The predicted molar refractivity (Wildman–Crippen MR) is 136 cm³/mol. The first-order valence-corrected chi connectivity index (χ1v) is 11.6. The number of carbonyl (C=O) groups excluding carboxylic acids is 2. The molecule has 3 aromatic carbocycles. The number of carbonyl (C=O) groups is 2. The molecule has 8 nitrogen and oxygen atoms in total. The molecule has 0 radical (unpaired) electrons. The second-order valence-electron chi connectivity index (χ2n) is 8.46. The Bertz CT molecular complexity index is 1470. The Morgan fingerprint density at radius 1 is 1.06 bits per heavy atom. The number of aromatic nitrogens is 2. The molecule has 0 bridgehead atoms. The highest BCUT2D eigenvalue weighted by Gasteiger charge is 2.48. The number of fused-ring (bicyclic) bond motifs is 1. The van der Waals surface area contributed by atoms with Gasteiger partial charge >= 0.3 is 5.91 Å². The maximum absolute atomic E-state index is 13.4. The molecule has 1 aliphatic rings. The van der Waals surface area contributed by atoms with Crippen molar-refractivity contribution in [3.8, 4) is 11.5 Å². The number of aliphatic hydroxyl groups is 1. The molecule has 1 aromatic heterocycles. The molecule has 2 N–H and O–H groups in total. The smallest absolute Gasteiger partial charge is 0.302 e. The van der Waals surface area contributed by atoms with Crippen molar-refractivity contribution in [3.63, 3.8) is 0 Å². The summed E-state index contributed by atoms with van der Waals surface area (Å²) in [6.07, 6.45) is 0. The highest BCUT2D eigenvalue weighted by Crippen LogP contribution is 2.43. The van der Waals surface area contributed by atoms with Gasteiger partial charge in [0.2, 0.25) is 5.95 Å². The molecule has 8 heteroatoms. The summed E-state index contributed by atoms with van der Waals surface area (Å²) in [6, 6.07) is 18.7. The number of rotatable bonds is 6. The lowest BCUT2D eigenvalue weighted by Gasteiger charge is -2.24. The van der Waals surface area contributed by atoms with Crippen LogP contribution in [0.1, 0.15) is 29.7 Å². The number of para-hydroxylation sites is 2. The summed E-state index contributed by atoms with van der Waals surface area (Å²) in [5, 5.41) is 11.3. The van der Waals surface area contributed by atoms with Crippen LogP contribution in [0.4, 0.5) is 5.95 Å². The van der Waals surface area contributed by atoms with Gasteiger partial charge in [-0.05, 0) is 43.7 Å². The van der Waals surface area contributed by atoms with Gasteiger partial charge in [0, 0.05) is 5.56 Å². The second-order valence-corrected chi connectivity index (χ2v) is 8.46. The van der Waals surface area contributed by atoms with Crippen LogP contribution in [0.15, 0.2) is 72.3 Å². The number of imidazole rings is 1. The quantitative estimate of drug-likeness (QED) is 0.230. The van der Waals surface area contributed by atoms with Gasteiger partial charge in [0.05, 0.1) is 36.4 Å². The molecule has 182 valence electrons. The number of anilines is 1. The molecule has 1 fully saturated rings. The average molecular weight is 484 g/mol. The molecule has 0 spiro atoms. The number of aliphatic hydroxyl groups excluding tert-OH is 1. The van der Waals surface area contributed by atoms with Gasteiger partial charge in [-0.1, -0.05) is 48.0 Å². The van der Waals surface area contributed by atoms with Crippen LogP contribution in [0.25, 0.3) is 16.8 Å². The number of methoxy groups -OCH3 is 1. The summed E-state index contributed by atoms with van der Waals surface area (Å²) in [5.41, 5.74) is 3.34. The number of ether oxygens (including phenoxy) is 2. The Kier molecular flexibility index (Phi) is 5.93. The molecule has 1 aliphatic heterocycles. The van der Waals surface area contributed by atoms with Crippen molar-refractivity contribution in [3.05, 3.63) is 89.0 Å². The zero-order chi connectivity index (χ0) is 25.4. The van der Waals surface area contributed by atoms with E-state index < -0.39 is 17.7 Å². The van der Waals surface area contributed by atoms with E-state index in [0.29, 0.717) is 34.7 Å². The Morgan fingerprint density at radius 3 is 2.50 bits per heavy atom. The number of amides is 1. The van der Waals surface area contributed by atoms with E-state index in [2.05, 4.69) is 9.97 Å². The van der Waals surface area contributed by atoms with Crippen LogP contribution in [-0.4, -0.2) is 40.5 Å². The molecule has 0 saturated carbocycles. The minimum Gasteiger partial charge on any atom is -0.507 e. The molecule has 4 aromatic rings. The number of benzene rings is 3. The monoisotopic (exact) mass is 483 g/mol. The number of Topliss-reactive ketones (excluding diaryl/α,β-unsaturated/α-hetero) is 1. The number of H-pyrrole nitrogens is 1. The molecule has 1 unspecified atom stereocenters. The number of hydrogen-bond donors (Lipinski definition) is 2. The van der Waals surface area contributed by atoms with Crippen LogP contribution in [0.5, 0.6) is 11.5 Å². The molecule has 1 saturated heterocycles. The highest BCUT2D eigenvalue weighted by molar-refractivity contribution is 6.51. The molecule has 2 heterocycles. The minimum atomic E-state index is -0.947. The Labute approximate surface area is 207 Å². The van der Waals surface area contributed by atoms with Crippen molar-refractivity contribution in [2.75, 3.05) is 18.6 Å². The van der Waals surface area contributed by atoms with Crippen LogP contribution in [-0.2, 0) is 9.59 Å². The molecule has 0 aliphatic carbocycles. The lowest BCUT2D eigenvalue weighted by molar-refractivity contribution is -0.132. The summed E-state index contributed by atoms with van der Waals surface area (Å²) in [7, 11) is 1.54. The Hall–Kier alpha value is -4.59. The molecule has 1 amide bonds. The van der Waals surface area contributed by atoms with Crippen LogP contribution in [0.3, 0.4) is 0 Å². The van der Waals surface area contributed by atoms with E-state index in [4.69, 9.17) is 9.47 Å². The number of hydrogen-bond acceptors (Lipinski definition) is 6. The van der Waals surface area contributed by atoms with E-state index >= 15 is 0 Å². The van der Waals surface area contributed by atoms with Crippen molar-refractivity contribution in [1.29, 1.82) is 0 Å². The van der Waals surface area contributed by atoms with Crippen molar-refractivity contribution >= 4 is 34.4 Å². The third-order valence-electron chi connectivity index (χ3n) is 6.18. The number of ketones is 1. The van der Waals surface area contributed by atoms with Crippen LogP contribution in [0, 0.1) is 6.92 Å². The van der Waals surface area contributed by atoms with Gasteiger partial charge in [-0.2, -0.15) is 0 Å². The normalized spacial score (nSPS) is 17.1. The zero-order valence-electron chi connectivity index (χ0n) is 20.1. The minimum absolute atomic E-state index is 0.0306. The maximum Gasteiger partial charge on any atom is 0.302 e. The zero-order valence-corrected chi connectivity index (χ0v) is 20.1. The van der Waals surface area contributed by atoms with E-state index in [0.717, 1.165) is 11.1 Å². The van der Waals surface area contributed by atoms with E-state index in [1.807, 2.05) is 50.2 Å². The average Bonchev–Trinajstić information content (AvgIpc) is 3.42. The van der Waals surface area contributed by atoms with Gasteiger partial charge in [0.25, 0.3) is 5.78 Å². The largest absolute Gasteiger partial charge is 0.507 e. The van der Waals surface area contributed by atoms with Gasteiger partial charge in [-0.3, -0.25) is 14.5 Å². The molecule has 1 atom stereocenters. The van der Waals surface area contributed by atoms with Gasteiger partial charge in [-0.25, -0.2) is 4.98 Å². The molecular weight excluding hydrogens is 458 g/mol. The fraction of sp³-hybridized carbons (Fsp3) is 0.179. The second kappa shape index (κ2) is 9.22. The number of aryl methyl sites for hydroxylation is 1. The fourth-order valence-corrected chi connectivity index (χ4v) is 4.42. The van der Waals surface area contributed by atoms with Gasteiger partial charge in [0.1, 0.15) is 5.76 Å². The third kappa shape index (κ3) is 3.86. The fourth-order valence-electron chi connectivity index (χ4n) is 4.42. The topological polar surface area (TPSA) is 105 Å². The van der Waals surface area contributed by atoms with E-state index in [-0.39, 0.29) is 17.3 Å². The molecule has 5 rings (SSSR count). The third-order valence-corrected chi connectivity index (χ3v) is 6.18. The van der Waals surface area contributed by atoms with Crippen LogP contribution < -0.4 is 14.4 Å². The van der Waals surface area contributed by atoms with Crippen molar-refractivity contribution in [2.24, 2.45) is 0 Å². The Balaban J connectivity index is 1.74. The summed E-state index contributed by atoms with van der Waals surface area (Å²) in [4.78, 5) is 35.8. The summed E-state index contributed by atoms with van der Waals surface area (Å²) in [5.74, 6) is -0.664. The van der Waals surface area contributed by atoms with Crippen molar-refractivity contribution in [1.82, 2.24) is 9.97 Å². The van der Waals surface area contributed by atoms with Gasteiger partial charge < -0.3 is 19.6 Å². The lowest BCUT2D eigenvalue weighted by Crippen LogP contribution is -2.30. The maximum atomic E-state index is 13.4. The van der Waals surface area contributed by atoms with Crippen molar-refractivity contribution < 1.29 is 24.2 Å². The summed E-state index contributed by atoms with van der Waals surface area (Å²) >= 11 is 0. The number of aromatic amines is 1. The first-order valence-electron chi connectivity index (χ1n) is 11.6. The van der Waals surface area contributed by atoms with E-state index in [1.165, 1.54) is 12.0 Å². The molecular formula is C28H25N3O5.